The van der Waals surface area contributed by atoms with Crippen molar-refractivity contribution < 1.29 is 32.2 Å². The van der Waals surface area contributed by atoms with E-state index in [0.717, 1.165) is 19.3 Å². The molecule has 0 amide bonds. The molecule has 1 aliphatic heterocycles. The maximum absolute atomic E-state index is 13.3. The van der Waals surface area contributed by atoms with Gasteiger partial charge >= 0.3 is 16.2 Å². The molecule has 0 aliphatic carbocycles. The van der Waals surface area contributed by atoms with Gasteiger partial charge in [0.1, 0.15) is 6.04 Å². The van der Waals surface area contributed by atoms with E-state index in [1.807, 2.05) is 18.2 Å². The Kier molecular flexibility index (Phi) is 9.62. The van der Waals surface area contributed by atoms with Gasteiger partial charge in [-0.15, -0.1) is 0 Å². The van der Waals surface area contributed by atoms with Crippen LogP contribution in [0.1, 0.15) is 37.7 Å². The smallest absolute Gasteiger partial charge is 0.324 e. The number of esters is 1. The van der Waals surface area contributed by atoms with Crippen LogP contribution in [0.25, 0.3) is 0 Å². The number of hydrogen-bond donors (Lipinski definition) is 1. The number of aryl methyl sites for hydroxylation is 1. The Hall–Kier alpha value is -2.98. The minimum Gasteiger partial charge on any atom is -0.493 e. The lowest BCUT2D eigenvalue weighted by Crippen LogP contribution is -2.50. The lowest BCUT2D eigenvalue weighted by Gasteiger charge is -2.33. The highest BCUT2D eigenvalue weighted by Crippen LogP contribution is 2.40. The maximum atomic E-state index is 13.3. The number of hydrogen-bond acceptors (Lipinski definition) is 7. The molecule has 9 nitrogen and oxygen atoms in total. The zero-order valence-electron chi connectivity index (χ0n) is 20.5. The number of rotatable bonds is 12. The summed E-state index contributed by atoms with van der Waals surface area (Å²) in [5, 5.41) is 0. The van der Waals surface area contributed by atoms with Crippen molar-refractivity contribution in [3.8, 4) is 17.2 Å². The Labute approximate surface area is 207 Å². The van der Waals surface area contributed by atoms with E-state index < -0.39 is 22.2 Å². The first kappa shape index (κ1) is 26.6. The number of ether oxygens (including phenoxy) is 4. The van der Waals surface area contributed by atoms with Gasteiger partial charge in [-0.3, -0.25) is 9.52 Å². The standard InChI is InChI=1S/C25H34N2O7S/c1-31-22-17-20(18-23(32-2)24(22)33-3)26-35(29,30)27-15-9-7-14-21(27)25(28)34-16-10-8-13-19-11-5-4-6-12-19/h4-6,11-12,17-18,21,26H,7-10,13-16H2,1-3H3. The fourth-order valence-electron chi connectivity index (χ4n) is 4.12. The highest BCUT2D eigenvalue weighted by atomic mass is 32.2. The molecule has 2 aromatic rings. The Morgan fingerprint density at radius 3 is 2.31 bits per heavy atom. The molecule has 1 fully saturated rings. The number of benzene rings is 2. The lowest BCUT2D eigenvalue weighted by atomic mass is 10.1. The second-order valence-corrected chi connectivity index (χ2v) is 9.88. The average Bonchev–Trinajstić information content (AvgIpc) is 2.88. The van der Waals surface area contributed by atoms with Gasteiger partial charge in [-0.1, -0.05) is 30.3 Å². The van der Waals surface area contributed by atoms with Gasteiger partial charge in [-0.05, 0) is 44.1 Å². The molecule has 0 aromatic heterocycles. The third kappa shape index (κ3) is 7.02. The van der Waals surface area contributed by atoms with Crippen molar-refractivity contribution in [2.45, 2.75) is 44.6 Å². The summed E-state index contributed by atoms with van der Waals surface area (Å²) >= 11 is 0. The van der Waals surface area contributed by atoms with Crippen molar-refractivity contribution in [3.05, 3.63) is 48.0 Å². The fourth-order valence-corrected chi connectivity index (χ4v) is 5.55. The lowest BCUT2D eigenvalue weighted by molar-refractivity contribution is -0.149. The summed E-state index contributed by atoms with van der Waals surface area (Å²) in [7, 11) is 0.328. The van der Waals surface area contributed by atoms with Gasteiger partial charge in [0.05, 0.1) is 33.6 Å². The van der Waals surface area contributed by atoms with E-state index in [9.17, 15) is 13.2 Å². The van der Waals surface area contributed by atoms with Gasteiger partial charge in [0, 0.05) is 18.7 Å². The summed E-state index contributed by atoms with van der Waals surface area (Å²) < 4.78 is 51.6. The van der Waals surface area contributed by atoms with Crippen LogP contribution >= 0.6 is 0 Å². The Bertz CT molecular complexity index is 1050. The van der Waals surface area contributed by atoms with Gasteiger partial charge in [-0.2, -0.15) is 12.7 Å². The normalized spacial score (nSPS) is 16.4. The quantitative estimate of drug-likeness (QED) is 0.345. The predicted molar refractivity (Wildman–Crippen MR) is 133 cm³/mol. The first-order chi connectivity index (χ1) is 16.9. The van der Waals surface area contributed by atoms with E-state index >= 15 is 0 Å². The summed E-state index contributed by atoms with van der Waals surface area (Å²) in [5.74, 6) is 0.466. The monoisotopic (exact) mass is 506 g/mol. The summed E-state index contributed by atoms with van der Waals surface area (Å²) in [6.45, 7) is 0.490. The molecule has 0 saturated carbocycles. The summed E-state index contributed by atoms with van der Waals surface area (Å²) in [6.07, 6.45) is 4.33. The van der Waals surface area contributed by atoms with Crippen LogP contribution in [0.15, 0.2) is 42.5 Å². The minimum absolute atomic E-state index is 0.230. The molecule has 3 rings (SSSR count). The Morgan fingerprint density at radius 2 is 1.69 bits per heavy atom. The predicted octanol–water partition coefficient (Wildman–Crippen LogP) is 3.79. The zero-order valence-corrected chi connectivity index (χ0v) is 21.3. The molecule has 35 heavy (non-hydrogen) atoms. The maximum Gasteiger partial charge on any atom is 0.324 e. The molecule has 1 unspecified atom stereocenters. The first-order valence-electron chi connectivity index (χ1n) is 11.7. The summed E-state index contributed by atoms with van der Waals surface area (Å²) in [4.78, 5) is 12.8. The van der Waals surface area contributed by atoms with Gasteiger partial charge in [0.25, 0.3) is 0 Å². The van der Waals surface area contributed by atoms with Crippen LogP contribution in [0, 0.1) is 0 Å². The van der Waals surface area contributed by atoms with Crippen molar-refractivity contribution in [2.75, 3.05) is 39.2 Å². The second kappa shape index (κ2) is 12.6. The van der Waals surface area contributed by atoms with E-state index in [0.29, 0.717) is 36.5 Å². The molecule has 192 valence electrons. The number of anilines is 1. The molecule has 0 spiro atoms. The molecule has 1 atom stereocenters. The van der Waals surface area contributed by atoms with Crippen molar-refractivity contribution in [1.82, 2.24) is 4.31 Å². The molecule has 0 radical (unpaired) electrons. The van der Waals surface area contributed by atoms with E-state index in [4.69, 9.17) is 18.9 Å². The Morgan fingerprint density at radius 1 is 1.00 bits per heavy atom. The van der Waals surface area contributed by atoms with Crippen molar-refractivity contribution in [3.63, 3.8) is 0 Å². The number of methoxy groups -OCH3 is 3. The van der Waals surface area contributed by atoms with Crippen LogP contribution < -0.4 is 18.9 Å². The molecule has 10 heteroatoms. The van der Waals surface area contributed by atoms with Gasteiger partial charge in [0.2, 0.25) is 5.75 Å². The van der Waals surface area contributed by atoms with Gasteiger partial charge in [0.15, 0.2) is 11.5 Å². The molecule has 1 heterocycles. The third-order valence-electron chi connectivity index (χ3n) is 5.89. The topological polar surface area (TPSA) is 103 Å². The van der Waals surface area contributed by atoms with E-state index in [1.54, 1.807) is 0 Å². The summed E-state index contributed by atoms with van der Waals surface area (Å²) in [6, 6.07) is 12.3. The number of carbonyl (C=O) groups is 1. The van der Waals surface area contributed by atoms with E-state index in [1.165, 1.54) is 43.3 Å². The summed E-state index contributed by atoms with van der Waals surface area (Å²) in [5.41, 5.74) is 1.47. The van der Waals surface area contributed by atoms with E-state index in [-0.39, 0.29) is 18.8 Å². The molecular formula is C25H34N2O7S. The van der Waals surface area contributed by atoms with Crippen LogP contribution in [0.4, 0.5) is 5.69 Å². The SMILES string of the molecule is COc1cc(NS(=O)(=O)N2CCCCC2C(=O)OCCCCc2ccccc2)cc(OC)c1OC. The molecule has 1 saturated heterocycles. The average molecular weight is 507 g/mol. The largest absolute Gasteiger partial charge is 0.493 e. The highest BCUT2D eigenvalue weighted by Gasteiger charge is 2.38. The number of unbranched alkanes of at least 4 members (excludes halogenated alkanes) is 1. The minimum atomic E-state index is -4.04. The van der Waals surface area contributed by atoms with Crippen LogP contribution in [0.3, 0.4) is 0 Å². The van der Waals surface area contributed by atoms with Crippen LogP contribution in [0.2, 0.25) is 0 Å². The third-order valence-corrected chi connectivity index (χ3v) is 7.44. The number of carbonyl (C=O) groups excluding carboxylic acids is 1. The van der Waals surface area contributed by atoms with Crippen LogP contribution in [-0.2, 0) is 26.2 Å². The fraction of sp³-hybridized carbons (Fsp3) is 0.480. The zero-order chi connectivity index (χ0) is 25.3. The van der Waals surface area contributed by atoms with Gasteiger partial charge < -0.3 is 18.9 Å². The van der Waals surface area contributed by atoms with E-state index in [2.05, 4.69) is 16.9 Å². The second-order valence-electron chi connectivity index (χ2n) is 8.25. The molecule has 2 aromatic carbocycles. The molecular weight excluding hydrogens is 472 g/mol. The molecule has 1 N–H and O–H groups in total. The van der Waals surface area contributed by atoms with Gasteiger partial charge in [-0.25, -0.2) is 0 Å². The molecule has 1 aliphatic rings. The van der Waals surface area contributed by atoms with Crippen LogP contribution in [-0.4, -0.2) is 59.2 Å². The van der Waals surface area contributed by atoms with Crippen molar-refractivity contribution >= 4 is 21.9 Å². The van der Waals surface area contributed by atoms with Crippen LogP contribution in [0.5, 0.6) is 17.2 Å². The first-order valence-corrected chi connectivity index (χ1v) is 13.1. The number of nitrogens with one attached hydrogen (secondary N) is 1. The highest BCUT2D eigenvalue weighted by molar-refractivity contribution is 7.90. The number of nitrogens with zero attached hydrogens (tertiary/aromatic N) is 1. The molecule has 0 bridgehead atoms. The van der Waals surface area contributed by atoms with Crippen molar-refractivity contribution in [1.29, 1.82) is 0 Å². The van der Waals surface area contributed by atoms with Crippen molar-refractivity contribution in [2.24, 2.45) is 0 Å². The number of piperidine rings is 1. The Balaban J connectivity index is 1.62.